The van der Waals surface area contributed by atoms with E-state index in [0.29, 0.717) is 5.92 Å². The van der Waals surface area contributed by atoms with E-state index in [0.717, 1.165) is 18.5 Å². The van der Waals surface area contributed by atoms with Gasteiger partial charge >= 0.3 is 0 Å². The molecule has 0 radical (unpaired) electrons. The minimum atomic E-state index is 0.677. The van der Waals surface area contributed by atoms with E-state index in [4.69, 9.17) is 5.73 Å². The van der Waals surface area contributed by atoms with Gasteiger partial charge < -0.3 is 5.73 Å². The van der Waals surface area contributed by atoms with Crippen LogP contribution in [0.2, 0.25) is 0 Å². The molecule has 82 valence electrons. The van der Waals surface area contributed by atoms with Crippen LogP contribution < -0.4 is 5.73 Å². The maximum Gasteiger partial charge on any atom is 0.0124 e. The SMILES string of the molecule is CC(CN)CN1CCC2CCCCC21. The van der Waals surface area contributed by atoms with Crippen molar-refractivity contribution in [2.75, 3.05) is 19.6 Å². The maximum atomic E-state index is 5.69. The Morgan fingerprint density at radius 2 is 2.07 bits per heavy atom. The van der Waals surface area contributed by atoms with Crippen molar-refractivity contribution < 1.29 is 0 Å². The van der Waals surface area contributed by atoms with E-state index in [2.05, 4.69) is 11.8 Å². The molecule has 2 aliphatic rings. The molecule has 2 heteroatoms. The topological polar surface area (TPSA) is 29.3 Å². The van der Waals surface area contributed by atoms with E-state index in [1.165, 1.54) is 45.2 Å². The van der Waals surface area contributed by atoms with Crippen LogP contribution in [0.25, 0.3) is 0 Å². The summed E-state index contributed by atoms with van der Waals surface area (Å²) < 4.78 is 0. The standard InChI is InChI=1S/C12H24N2/c1-10(8-13)9-14-7-6-11-4-2-3-5-12(11)14/h10-12H,2-9,13H2,1H3. The minimum Gasteiger partial charge on any atom is -0.330 e. The molecule has 1 saturated heterocycles. The molecule has 2 nitrogen and oxygen atoms in total. The molecule has 0 aromatic carbocycles. The third-order valence-corrected chi connectivity index (χ3v) is 4.07. The van der Waals surface area contributed by atoms with E-state index in [9.17, 15) is 0 Å². The van der Waals surface area contributed by atoms with Crippen LogP contribution in [0.1, 0.15) is 39.0 Å². The predicted octanol–water partition coefficient (Wildman–Crippen LogP) is 1.85. The molecular weight excluding hydrogens is 172 g/mol. The van der Waals surface area contributed by atoms with Gasteiger partial charge in [-0.05, 0) is 44.2 Å². The van der Waals surface area contributed by atoms with Crippen molar-refractivity contribution in [3.05, 3.63) is 0 Å². The number of rotatable bonds is 3. The van der Waals surface area contributed by atoms with Crippen LogP contribution in [0.4, 0.5) is 0 Å². The summed E-state index contributed by atoms with van der Waals surface area (Å²) >= 11 is 0. The molecule has 0 amide bonds. The summed E-state index contributed by atoms with van der Waals surface area (Å²) in [5.41, 5.74) is 5.69. The van der Waals surface area contributed by atoms with Gasteiger partial charge in [0, 0.05) is 12.6 Å². The van der Waals surface area contributed by atoms with Gasteiger partial charge in [-0.15, -0.1) is 0 Å². The Kier molecular flexibility index (Phi) is 3.45. The van der Waals surface area contributed by atoms with Crippen LogP contribution in [0.3, 0.4) is 0 Å². The molecular formula is C12H24N2. The van der Waals surface area contributed by atoms with Crippen molar-refractivity contribution >= 4 is 0 Å². The van der Waals surface area contributed by atoms with Crippen molar-refractivity contribution in [1.82, 2.24) is 4.90 Å². The fourth-order valence-corrected chi connectivity index (χ4v) is 3.20. The van der Waals surface area contributed by atoms with Crippen LogP contribution in [0.15, 0.2) is 0 Å². The van der Waals surface area contributed by atoms with Gasteiger partial charge in [0.25, 0.3) is 0 Å². The highest BCUT2D eigenvalue weighted by Crippen LogP contribution is 2.36. The summed E-state index contributed by atoms with van der Waals surface area (Å²) in [4.78, 5) is 2.71. The molecule has 14 heavy (non-hydrogen) atoms. The third kappa shape index (κ3) is 2.12. The molecule has 1 aliphatic carbocycles. The van der Waals surface area contributed by atoms with Crippen molar-refractivity contribution in [1.29, 1.82) is 0 Å². The third-order valence-electron chi connectivity index (χ3n) is 4.07. The summed E-state index contributed by atoms with van der Waals surface area (Å²) in [6.07, 6.45) is 7.30. The van der Waals surface area contributed by atoms with Crippen molar-refractivity contribution in [2.24, 2.45) is 17.6 Å². The Morgan fingerprint density at radius 1 is 1.29 bits per heavy atom. The van der Waals surface area contributed by atoms with Crippen molar-refractivity contribution in [3.63, 3.8) is 0 Å². The van der Waals surface area contributed by atoms with Gasteiger partial charge in [-0.2, -0.15) is 0 Å². The number of likely N-dealkylation sites (tertiary alicyclic amines) is 1. The normalized spacial score (nSPS) is 35.6. The Labute approximate surface area is 87.8 Å². The molecule has 0 aromatic heterocycles. The zero-order chi connectivity index (χ0) is 9.97. The Hall–Kier alpha value is -0.0800. The second-order valence-corrected chi connectivity index (χ2v) is 5.24. The molecule has 0 bridgehead atoms. The van der Waals surface area contributed by atoms with Gasteiger partial charge in [-0.25, -0.2) is 0 Å². The lowest BCUT2D eigenvalue weighted by atomic mass is 9.85. The lowest BCUT2D eigenvalue weighted by Crippen LogP contribution is -2.38. The molecule has 2 N–H and O–H groups in total. The average Bonchev–Trinajstić information content (AvgIpc) is 2.62. The molecule has 2 rings (SSSR count). The maximum absolute atomic E-state index is 5.69. The number of nitrogens with two attached hydrogens (primary N) is 1. The quantitative estimate of drug-likeness (QED) is 0.746. The Morgan fingerprint density at radius 3 is 2.86 bits per heavy atom. The van der Waals surface area contributed by atoms with Crippen LogP contribution in [-0.4, -0.2) is 30.6 Å². The van der Waals surface area contributed by atoms with Crippen LogP contribution in [0, 0.1) is 11.8 Å². The van der Waals surface area contributed by atoms with Gasteiger partial charge in [-0.3, -0.25) is 4.90 Å². The second kappa shape index (κ2) is 4.63. The van der Waals surface area contributed by atoms with Gasteiger partial charge in [0.15, 0.2) is 0 Å². The van der Waals surface area contributed by atoms with E-state index < -0.39 is 0 Å². The fourth-order valence-electron chi connectivity index (χ4n) is 3.20. The Balaban J connectivity index is 1.87. The summed E-state index contributed by atoms with van der Waals surface area (Å²) in [7, 11) is 0. The number of nitrogens with zero attached hydrogens (tertiary/aromatic N) is 1. The first-order chi connectivity index (χ1) is 6.81. The average molecular weight is 196 g/mol. The summed E-state index contributed by atoms with van der Waals surface area (Å²) in [5, 5.41) is 0. The van der Waals surface area contributed by atoms with Gasteiger partial charge in [0.1, 0.15) is 0 Å². The largest absolute Gasteiger partial charge is 0.330 e. The van der Waals surface area contributed by atoms with Gasteiger partial charge in [0.05, 0.1) is 0 Å². The lowest BCUT2D eigenvalue weighted by Gasteiger charge is -2.33. The monoisotopic (exact) mass is 196 g/mol. The van der Waals surface area contributed by atoms with E-state index in [-0.39, 0.29) is 0 Å². The molecule has 1 aliphatic heterocycles. The summed E-state index contributed by atoms with van der Waals surface area (Å²) in [5.74, 6) is 1.70. The number of fused-ring (bicyclic) bond motifs is 1. The molecule has 2 fully saturated rings. The lowest BCUT2D eigenvalue weighted by molar-refractivity contribution is 0.165. The Bertz CT molecular complexity index is 181. The fraction of sp³-hybridized carbons (Fsp3) is 1.00. The summed E-state index contributed by atoms with van der Waals surface area (Å²) in [6.45, 7) is 5.68. The highest BCUT2D eigenvalue weighted by Gasteiger charge is 2.35. The first-order valence-corrected chi connectivity index (χ1v) is 6.25. The first kappa shape index (κ1) is 10.4. The second-order valence-electron chi connectivity index (χ2n) is 5.24. The zero-order valence-corrected chi connectivity index (χ0v) is 9.41. The highest BCUT2D eigenvalue weighted by molar-refractivity contribution is 4.90. The number of hydrogen-bond donors (Lipinski definition) is 1. The minimum absolute atomic E-state index is 0.677. The molecule has 1 heterocycles. The molecule has 3 unspecified atom stereocenters. The van der Waals surface area contributed by atoms with Crippen LogP contribution in [0.5, 0.6) is 0 Å². The number of hydrogen-bond acceptors (Lipinski definition) is 2. The van der Waals surface area contributed by atoms with Crippen LogP contribution >= 0.6 is 0 Å². The first-order valence-electron chi connectivity index (χ1n) is 6.25. The molecule has 0 spiro atoms. The van der Waals surface area contributed by atoms with Gasteiger partial charge in [-0.1, -0.05) is 19.8 Å². The van der Waals surface area contributed by atoms with E-state index >= 15 is 0 Å². The smallest absolute Gasteiger partial charge is 0.0124 e. The van der Waals surface area contributed by atoms with Gasteiger partial charge in [0.2, 0.25) is 0 Å². The van der Waals surface area contributed by atoms with Crippen molar-refractivity contribution in [3.8, 4) is 0 Å². The molecule has 3 atom stereocenters. The zero-order valence-electron chi connectivity index (χ0n) is 9.41. The predicted molar refractivity (Wildman–Crippen MR) is 60.2 cm³/mol. The van der Waals surface area contributed by atoms with E-state index in [1.807, 2.05) is 0 Å². The molecule has 1 saturated carbocycles. The molecule has 0 aromatic rings. The van der Waals surface area contributed by atoms with E-state index in [1.54, 1.807) is 0 Å². The van der Waals surface area contributed by atoms with Crippen LogP contribution in [-0.2, 0) is 0 Å². The summed E-state index contributed by atoms with van der Waals surface area (Å²) in [6, 6.07) is 0.915. The van der Waals surface area contributed by atoms with Crippen molar-refractivity contribution in [2.45, 2.75) is 45.1 Å². The highest BCUT2D eigenvalue weighted by atomic mass is 15.2.